The largest absolute Gasteiger partial charge is 0.357 e. The molecule has 3 rings (SSSR count). The van der Waals surface area contributed by atoms with Crippen LogP contribution in [0.2, 0.25) is 0 Å². The van der Waals surface area contributed by atoms with Crippen molar-refractivity contribution in [3.05, 3.63) is 41.7 Å². The van der Waals surface area contributed by atoms with Crippen LogP contribution in [-0.4, -0.2) is 14.8 Å². The van der Waals surface area contributed by atoms with Gasteiger partial charge in [-0.1, -0.05) is 17.4 Å². The standard InChI is InChI=1S/C13H14N4S/c1-9-3-4-12-11(5-9)16-13(18-12)14-6-10-7-15-17(2)8-10/h3-5,7-8H,6H2,1-2H3,(H,14,16). The van der Waals surface area contributed by atoms with E-state index in [0.717, 1.165) is 22.8 Å². The number of fused-ring (bicyclic) bond motifs is 1. The molecule has 2 heterocycles. The van der Waals surface area contributed by atoms with Gasteiger partial charge in [-0.3, -0.25) is 4.68 Å². The molecule has 92 valence electrons. The van der Waals surface area contributed by atoms with Crippen LogP contribution in [0, 0.1) is 6.92 Å². The van der Waals surface area contributed by atoms with Crippen LogP contribution < -0.4 is 5.32 Å². The van der Waals surface area contributed by atoms with Crippen molar-refractivity contribution in [1.82, 2.24) is 14.8 Å². The molecule has 0 saturated carbocycles. The molecular formula is C13H14N4S. The third-order valence-corrected chi connectivity index (χ3v) is 3.74. The Balaban J connectivity index is 1.78. The van der Waals surface area contributed by atoms with Crippen molar-refractivity contribution in [2.75, 3.05) is 5.32 Å². The summed E-state index contributed by atoms with van der Waals surface area (Å²) in [5.74, 6) is 0. The second-order valence-electron chi connectivity index (χ2n) is 4.37. The van der Waals surface area contributed by atoms with Gasteiger partial charge < -0.3 is 5.32 Å². The van der Waals surface area contributed by atoms with Gasteiger partial charge in [0.25, 0.3) is 0 Å². The van der Waals surface area contributed by atoms with Crippen LogP contribution in [0.25, 0.3) is 10.2 Å². The topological polar surface area (TPSA) is 42.7 Å². The molecule has 0 radical (unpaired) electrons. The third-order valence-electron chi connectivity index (χ3n) is 2.75. The quantitative estimate of drug-likeness (QED) is 0.785. The van der Waals surface area contributed by atoms with Gasteiger partial charge in [-0.15, -0.1) is 0 Å². The maximum absolute atomic E-state index is 4.58. The van der Waals surface area contributed by atoms with Crippen LogP contribution in [0.15, 0.2) is 30.6 Å². The second-order valence-corrected chi connectivity index (χ2v) is 5.40. The van der Waals surface area contributed by atoms with Crippen molar-refractivity contribution in [1.29, 1.82) is 0 Å². The molecule has 0 fully saturated rings. The number of aromatic nitrogens is 3. The summed E-state index contributed by atoms with van der Waals surface area (Å²) in [6.07, 6.45) is 3.87. The number of benzene rings is 1. The van der Waals surface area contributed by atoms with E-state index in [9.17, 15) is 0 Å². The second kappa shape index (κ2) is 4.42. The number of nitrogens with zero attached hydrogens (tertiary/aromatic N) is 3. The fourth-order valence-corrected chi connectivity index (χ4v) is 2.70. The predicted octanol–water partition coefficient (Wildman–Crippen LogP) is 2.95. The zero-order valence-electron chi connectivity index (χ0n) is 10.3. The minimum atomic E-state index is 0.757. The molecule has 2 aromatic heterocycles. The first-order chi connectivity index (χ1) is 8.70. The lowest BCUT2D eigenvalue weighted by Gasteiger charge is -1.97. The van der Waals surface area contributed by atoms with E-state index in [-0.39, 0.29) is 0 Å². The summed E-state index contributed by atoms with van der Waals surface area (Å²) in [5.41, 5.74) is 3.47. The Labute approximate surface area is 109 Å². The third kappa shape index (κ3) is 2.22. The summed E-state index contributed by atoms with van der Waals surface area (Å²) in [6, 6.07) is 6.35. The highest BCUT2D eigenvalue weighted by Crippen LogP contribution is 2.26. The van der Waals surface area contributed by atoms with Crippen LogP contribution in [0.1, 0.15) is 11.1 Å². The molecule has 3 aromatic rings. The van der Waals surface area contributed by atoms with Gasteiger partial charge >= 0.3 is 0 Å². The van der Waals surface area contributed by atoms with Crippen molar-refractivity contribution >= 4 is 26.7 Å². The Morgan fingerprint density at radius 1 is 1.39 bits per heavy atom. The van der Waals surface area contributed by atoms with Gasteiger partial charge in [-0.2, -0.15) is 5.10 Å². The maximum atomic E-state index is 4.58. The Kier molecular flexibility index (Phi) is 2.76. The van der Waals surface area contributed by atoms with E-state index in [2.05, 4.69) is 40.5 Å². The van der Waals surface area contributed by atoms with Gasteiger partial charge in [0, 0.05) is 25.4 Å². The first kappa shape index (κ1) is 11.2. The number of anilines is 1. The molecular weight excluding hydrogens is 244 g/mol. The summed E-state index contributed by atoms with van der Waals surface area (Å²) >= 11 is 1.68. The van der Waals surface area contributed by atoms with Gasteiger partial charge in [0.2, 0.25) is 0 Å². The van der Waals surface area contributed by atoms with E-state index in [1.807, 2.05) is 19.4 Å². The lowest BCUT2D eigenvalue weighted by Crippen LogP contribution is -1.97. The molecule has 4 nitrogen and oxygen atoms in total. The van der Waals surface area contributed by atoms with Gasteiger partial charge in [0.1, 0.15) is 0 Å². The van der Waals surface area contributed by atoms with E-state index < -0.39 is 0 Å². The lowest BCUT2D eigenvalue weighted by molar-refractivity contribution is 0.767. The van der Waals surface area contributed by atoms with Gasteiger partial charge in [0.15, 0.2) is 5.13 Å². The van der Waals surface area contributed by atoms with Gasteiger partial charge in [0.05, 0.1) is 16.4 Å². The van der Waals surface area contributed by atoms with Crippen LogP contribution in [0.5, 0.6) is 0 Å². The Morgan fingerprint density at radius 3 is 3.06 bits per heavy atom. The first-order valence-electron chi connectivity index (χ1n) is 5.79. The van der Waals surface area contributed by atoms with Crippen molar-refractivity contribution < 1.29 is 0 Å². The van der Waals surface area contributed by atoms with Crippen molar-refractivity contribution in [2.24, 2.45) is 7.05 Å². The summed E-state index contributed by atoms with van der Waals surface area (Å²) in [5, 5.41) is 8.44. The molecule has 0 amide bonds. The van der Waals surface area contributed by atoms with Crippen LogP contribution in [-0.2, 0) is 13.6 Å². The van der Waals surface area contributed by atoms with E-state index in [1.54, 1.807) is 16.0 Å². The van der Waals surface area contributed by atoms with Crippen molar-refractivity contribution in [3.63, 3.8) is 0 Å². The fourth-order valence-electron chi connectivity index (χ4n) is 1.85. The number of rotatable bonds is 3. The Hall–Kier alpha value is -1.88. The number of aryl methyl sites for hydroxylation is 2. The van der Waals surface area contributed by atoms with Crippen molar-refractivity contribution in [3.8, 4) is 0 Å². The van der Waals surface area contributed by atoms with Crippen LogP contribution >= 0.6 is 11.3 Å². The zero-order valence-corrected chi connectivity index (χ0v) is 11.2. The molecule has 1 aromatic carbocycles. The van der Waals surface area contributed by atoms with Gasteiger partial charge in [-0.25, -0.2) is 4.98 Å². The minimum absolute atomic E-state index is 0.757. The maximum Gasteiger partial charge on any atom is 0.184 e. The summed E-state index contributed by atoms with van der Waals surface area (Å²) in [7, 11) is 1.92. The molecule has 1 N–H and O–H groups in total. The smallest absolute Gasteiger partial charge is 0.184 e. The number of thiazole rings is 1. The Morgan fingerprint density at radius 2 is 2.28 bits per heavy atom. The molecule has 0 aliphatic heterocycles. The molecule has 0 aliphatic carbocycles. The number of hydrogen-bond acceptors (Lipinski definition) is 4. The highest BCUT2D eigenvalue weighted by molar-refractivity contribution is 7.22. The first-order valence-corrected chi connectivity index (χ1v) is 6.61. The van der Waals surface area contributed by atoms with Gasteiger partial charge in [-0.05, 0) is 24.6 Å². The number of hydrogen-bond donors (Lipinski definition) is 1. The molecule has 0 atom stereocenters. The summed E-state index contributed by atoms with van der Waals surface area (Å²) in [6.45, 7) is 2.84. The van der Waals surface area contributed by atoms with E-state index in [0.29, 0.717) is 0 Å². The lowest BCUT2D eigenvalue weighted by atomic mass is 10.2. The molecule has 18 heavy (non-hydrogen) atoms. The average Bonchev–Trinajstić information content (AvgIpc) is 2.92. The molecule has 0 aliphatic rings. The van der Waals surface area contributed by atoms with E-state index in [4.69, 9.17) is 0 Å². The number of nitrogens with one attached hydrogen (secondary N) is 1. The average molecular weight is 258 g/mol. The van der Waals surface area contributed by atoms with E-state index in [1.165, 1.54) is 10.3 Å². The predicted molar refractivity (Wildman–Crippen MR) is 74.9 cm³/mol. The molecule has 0 spiro atoms. The summed E-state index contributed by atoms with van der Waals surface area (Å²) < 4.78 is 3.02. The molecule has 5 heteroatoms. The van der Waals surface area contributed by atoms with Crippen LogP contribution in [0.3, 0.4) is 0 Å². The normalized spacial score (nSPS) is 11.0. The SMILES string of the molecule is Cc1ccc2sc(NCc3cnn(C)c3)nc2c1. The minimum Gasteiger partial charge on any atom is -0.357 e. The van der Waals surface area contributed by atoms with E-state index >= 15 is 0 Å². The van der Waals surface area contributed by atoms with Crippen LogP contribution in [0.4, 0.5) is 5.13 Å². The van der Waals surface area contributed by atoms with Crippen molar-refractivity contribution in [2.45, 2.75) is 13.5 Å². The molecule has 0 saturated heterocycles. The molecule has 0 bridgehead atoms. The zero-order chi connectivity index (χ0) is 12.5. The summed E-state index contributed by atoms with van der Waals surface area (Å²) in [4.78, 5) is 4.58. The molecule has 0 unspecified atom stereocenters. The highest BCUT2D eigenvalue weighted by atomic mass is 32.1. The highest BCUT2D eigenvalue weighted by Gasteiger charge is 2.04. The fraction of sp³-hybridized carbons (Fsp3) is 0.231. The monoisotopic (exact) mass is 258 g/mol. The Bertz CT molecular complexity index is 683.